The van der Waals surface area contributed by atoms with Gasteiger partial charge in [0, 0.05) is 6.20 Å². The van der Waals surface area contributed by atoms with Crippen LogP contribution in [0.1, 0.15) is 29.9 Å². The molecule has 0 amide bonds. The standard InChI is InChI=1S/C15H14N2O2/c1-3-8-14-13(15(18)19-4-2)11-17(16-14)12-9-6-5-7-10-12/h5-7,9-11H,4H2,1-2H3. The molecule has 0 aliphatic rings. The number of carbonyl (C=O) groups excluding carboxylic acids is 1. The maximum atomic E-state index is 11.8. The van der Waals surface area contributed by atoms with Gasteiger partial charge in [-0.1, -0.05) is 24.1 Å². The Balaban J connectivity index is 2.45. The van der Waals surface area contributed by atoms with Crippen molar-refractivity contribution in [2.75, 3.05) is 6.61 Å². The van der Waals surface area contributed by atoms with Crippen LogP contribution in [0.3, 0.4) is 0 Å². The van der Waals surface area contributed by atoms with Crippen LogP contribution in [0.25, 0.3) is 5.69 Å². The highest BCUT2D eigenvalue weighted by atomic mass is 16.5. The average Bonchev–Trinajstić information content (AvgIpc) is 2.85. The third kappa shape index (κ3) is 2.83. The molecule has 0 atom stereocenters. The SMILES string of the molecule is CC#Cc1nn(-c2ccccc2)cc1C(=O)OCC. The second kappa shape index (κ2) is 5.87. The molecule has 0 unspecified atom stereocenters. The van der Waals surface area contributed by atoms with Crippen LogP contribution >= 0.6 is 0 Å². The molecule has 19 heavy (non-hydrogen) atoms. The van der Waals surface area contributed by atoms with Crippen LogP contribution < -0.4 is 0 Å². The first-order valence-electron chi connectivity index (χ1n) is 6.01. The molecule has 4 nitrogen and oxygen atoms in total. The summed E-state index contributed by atoms with van der Waals surface area (Å²) in [6.45, 7) is 3.80. The van der Waals surface area contributed by atoms with Gasteiger partial charge in [-0.3, -0.25) is 0 Å². The van der Waals surface area contributed by atoms with E-state index in [9.17, 15) is 4.79 Å². The minimum absolute atomic E-state index is 0.328. The summed E-state index contributed by atoms with van der Waals surface area (Å²) in [5.74, 6) is 5.17. The van der Waals surface area contributed by atoms with Gasteiger partial charge in [0.1, 0.15) is 11.3 Å². The van der Waals surface area contributed by atoms with Gasteiger partial charge in [0.05, 0.1) is 12.3 Å². The Labute approximate surface area is 112 Å². The van der Waals surface area contributed by atoms with E-state index in [1.54, 1.807) is 24.7 Å². The molecule has 0 N–H and O–H groups in total. The number of aromatic nitrogens is 2. The molecule has 0 fully saturated rings. The van der Waals surface area contributed by atoms with Crippen LogP contribution in [-0.4, -0.2) is 22.4 Å². The summed E-state index contributed by atoms with van der Waals surface area (Å²) in [5, 5.41) is 4.32. The first kappa shape index (κ1) is 12.9. The van der Waals surface area contributed by atoms with Crippen LogP contribution in [0.15, 0.2) is 36.5 Å². The van der Waals surface area contributed by atoms with Gasteiger partial charge < -0.3 is 4.74 Å². The second-order valence-electron chi connectivity index (χ2n) is 3.77. The molecule has 1 heterocycles. The van der Waals surface area contributed by atoms with Gasteiger partial charge in [0.15, 0.2) is 0 Å². The van der Waals surface area contributed by atoms with Crippen molar-refractivity contribution in [2.45, 2.75) is 13.8 Å². The number of rotatable bonds is 3. The van der Waals surface area contributed by atoms with Gasteiger partial charge in [-0.15, -0.1) is 0 Å². The molecule has 0 bridgehead atoms. The summed E-state index contributed by atoms with van der Waals surface area (Å²) in [5.41, 5.74) is 1.70. The maximum absolute atomic E-state index is 11.8. The van der Waals surface area contributed by atoms with Gasteiger partial charge in [-0.05, 0) is 31.9 Å². The Morgan fingerprint density at radius 2 is 2.11 bits per heavy atom. The second-order valence-corrected chi connectivity index (χ2v) is 3.77. The normalized spacial score (nSPS) is 9.58. The summed E-state index contributed by atoms with van der Waals surface area (Å²) in [7, 11) is 0. The molecule has 0 radical (unpaired) electrons. The predicted octanol–water partition coefficient (Wildman–Crippen LogP) is 2.42. The maximum Gasteiger partial charge on any atom is 0.342 e. The predicted molar refractivity (Wildman–Crippen MR) is 72.1 cm³/mol. The lowest BCUT2D eigenvalue weighted by Gasteiger charge is -1.99. The van der Waals surface area contributed by atoms with Crippen LogP contribution in [0.5, 0.6) is 0 Å². The van der Waals surface area contributed by atoms with E-state index in [1.807, 2.05) is 30.3 Å². The van der Waals surface area contributed by atoms with Crippen molar-refractivity contribution in [1.82, 2.24) is 9.78 Å². The van der Waals surface area contributed by atoms with Crippen LogP contribution in [0, 0.1) is 11.8 Å². The molecule has 0 saturated heterocycles. The highest BCUT2D eigenvalue weighted by Crippen LogP contribution is 2.13. The van der Waals surface area contributed by atoms with Gasteiger partial charge in [0.25, 0.3) is 0 Å². The fraction of sp³-hybridized carbons (Fsp3) is 0.200. The van der Waals surface area contributed by atoms with Crippen molar-refractivity contribution in [2.24, 2.45) is 0 Å². The number of benzene rings is 1. The Hall–Kier alpha value is -2.54. The summed E-state index contributed by atoms with van der Waals surface area (Å²) in [4.78, 5) is 11.8. The zero-order chi connectivity index (χ0) is 13.7. The average molecular weight is 254 g/mol. The first-order valence-corrected chi connectivity index (χ1v) is 6.01. The topological polar surface area (TPSA) is 44.1 Å². The highest BCUT2D eigenvalue weighted by molar-refractivity contribution is 5.91. The number of hydrogen-bond donors (Lipinski definition) is 0. The first-order chi connectivity index (χ1) is 9.26. The van der Waals surface area contributed by atoms with E-state index in [0.29, 0.717) is 17.9 Å². The van der Waals surface area contributed by atoms with E-state index in [-0.39, 0.29) is 0 Å². The Bertz CT molecular complexity index is 633. The van der Waals surface area contributed by atoms with E-state index in [1.165, 1.54) is 0 Å². The molecule has 2 aromatic rings. The largest absolute Gasteiger partial charge is 0.462 e. The summed E-state index contributed by atoms with van der Waals surface area (Å²) in [6.07, 6.45) is 1.65. The molecule has 2 rings (SSSR count). The fourth-order valence-corrected chi connectivity index (χ4v) is 1.66. The molecule has 4 heteroatoms. The van der Waals surface area contributed by atoms with Crippen LogP contribution in [0.2, 0.25) is 0 Å². The van der Waals surface area contributed by atoms with Crippen molar-refractivity contribution in [3.8, 4) is 17.5 Å². The number of ether oxygens (including phenoxy) is 1. The van der Waals surface area contributed by atoms with E-state index >= 15 is 0 Å². The molecule has 96 valence electrons. The van der Waals surface area contributed by atoms with Gasteiger partial charge in [-0.25, -0.2) is 9.48 Å². The third-order valence-corrected chi connectivity index (χ3v) is 2.47. The van der Waals surface area contributed by atoms with Gasteiger partial charge in [-0.2, -0.15) is 5.10 Å². The molecule has 0 aliphatic carbocycles. The lowest BCUT2D eigenvalue weighted by Crippen LogP contribution is -2.05. The third-order valence-electron chi connectivity index (χ3n) is 2.47. The monoisotopic (exact) mass is 254 g/mol. The number of esters is 1. The number of carbonyl (C=O) groups is 1. The summed E-state index contributed by atoms with van der Waals surface area (Å²) < 4.78 is 6.63. The minimum Gasteiger partial charge on any atom is -0.462 e. The van der Waals surface area contributed by atoms with Crippen molar-refractivity contribution >= 4 is 5.97 Å². The van der Waals surface area contributed by atoms with Gasteiger partial charge in [0.2, 0.25) is 0 Å². The molecular weight excluding hydrogens is 240 g/mol. The Kier molecular flexibility index (Phi) is 3.99. The van der Waals surface area contributed by atoms with Crippen molar-refractivity contribution < 1.29 is 9.53 Å². The van der Waals surface area contributed by atoms with Crippen LogP contribution in [-0.2, 0) is 4.74 Å². The van der Waals surface area contributed by atoms with E-state index in [2.05, 4.69) is 16.9 Å². The van der Waals surface area contributed by atoms with E-state index in [0.717, 1.165) is 5.69 Å². The Morgan fingerprint density at radius 1 is 1.37 bits per heavy atom. The fourth-order valence-electron chi connectivity index (χ4n) is 1.66. The molecule has 0 aliphatic heterocycles. The Morgan fingerprint density at radius 3 is 2.74 bits per heavy atom. The molecule has 0 spiro atoms. The van der Waals surface area contributed by atoms with Crippen molar-refractivity contribution in [1.29, 1.82) is 0 Å². The van der Waals surface area contributed by atoms with Crippen LogP contribution in [0.4, 0.5) is 0 Å². The minimum atomic E-state index is -0.401. The smallest absolute Gasteiger partial charge is 0.342 e. The highest BCUT2D eigenvalue weighted by Gasteiger charge is 2.16. The lowest BCUT2D eigenvalue weighted by atomic mass is 10.2. The van der Waals surface area contributed by atoms with E-state index in [4.69, 9.17) is 4.74 Å². The zero-order valence-corrected chi connectivity index (χ0v) is 10.9. The summed E-state index contributed by atoms with van der Waals surface area (Å²) in [6, 6.07) is 9.56. The lowest BCUT2D eigenvalue weighted by molar-refractivity contribution is 0.0526. The van der Waals surface area contributed by atoms with Crippen molar-refractivity contribution in [3.63, 3.8) is 0 Å². The molecule has 1 aromatic carbocycles. The molecule has 1 aromatic heterocycles. The van der Waals surface area contributed by atoms with E-state index < -0.39 is 5.97 Å². The summed E-state index contributed by atoms with van der Waals surface area (Å²) >= 11 is 0. The van der Waals surface area contributed by atoms with Gasteiger partial charge >= 0.3 is 5.97 Å². The quantitative estimate of drug-likeness (QED) is 0.624. The number of hydrogen-bond acceptors (Lipinski definition) is 3. The number of nitrogens with zero attached hydrogens (tertiary/aromatic N) is 2. The molecule has 0 saturated carbocycles. The van der Waals surface area contributed by atoms with Crippen molar-refractivity contribution in [3.05, 3.63) is 47.8 Å². The molecular formula is C15H14N2O2. The number of para-hydroxylation sites is 1. The zero-order valence-electron chi connectivity index (χ0n) is 10.9.